The number of nitrogens with one attached hydrogen (secondary N) is 2. The quantitative estimate of drug-likeness (QED) is 0.456. The predicted octanol–water partition coefficient (Wildman–Crippen LogP) is 2.34. The smallest absolute Gasteiger partial charge is 0.191 e. The molecule has 0 spiro atoms. The summed E-state index contributed by atoms with van der Waals surface area (Å²) in [6.45, 7) is 1.26. The second-order valence-corrected chi connectivity index (χ2v) is 4.22. The van der Waals surface area contributed by atoms with Gasteiger partial charge in [-0.1, -0.05) is 17.3 Å². The summed E-state index contributed by atoms with van der Waals surface area (Å²) in [4.78, 5) is 4.11. The first-order valence-electron chi connectivity index (χ1n) is 6.36. The monoisotopic (exact) mass is 404 g/mol. The average Bonchev–Trinajstić information content (AvgIpc) is 2.98. The topological polar surface area (TPSA) is 62.5 Å². The van der Waals surface area contributed by atoms with Crippen LogP contribution in [0, 0.1) is 5.82 Å². The fraction of sp³-hybridized carbons (Fsp3) is 0.286. The molecule has 0 fully saturated rings. The van der Waals surface area contributed by atoms with Crippen LogP contribution in [0.3, 0.4) is 0 Å². The molecule has 0 amide bonds. The van der Waals surface area contributed by atoms with Crippen molar-refractivity contribution in [1.29, 1.82) is 0 Å². The summed E-state index contributed by atoms with van der Waals surface area (Å²) < 4.78 is 17.5. The Morgan fingerprint density at radius 1 is 1.24 bits per heavy atom. The van der Waals surface area contributed by atoms with Crippen LogP contribution in [0.25, 0.3) is 0 Å². The third-order valence-corrected chi connectivity index (χ3v) is 2.77. The first-order chi connectivity index (χ1) is 9.78. The van der Waals surface area contributed by atoms with Gasteiger partial charge in [0, 0.05) is 19.7 Å². The maximum absolute atomic E-state index is 12.8. The summed E-state index contributed by atoms with van der Waals surface area (Å²) in [5, 5.41) is 10.1. The minimum absolute atomic E-state index is 0. The Balaban J connectivity index is 0.00000220. The molecule has 21 heavy (non-hydrogen) atoms. The molecule has 0 radical (unpaired) electrons. The van der Waals surface area contributed by atoms with Gasteiger partial charge in [-0.3, -0.25) is 4.99 Å². The lowest BCUT2D eigenvalue weighted by Crippen LogP contribution is -2.37. The van der Waals surface area contributed by atoms with Gasteiger partial charge in [-0.25, -0.2) is 4.39 Å². The number of rotatable bonds is 5. The van der Waals surface area contributed by atoms with E-state index in [0.29, 0.717) is 19.0 Å². The number of aromatic nitrogens is 1. The van der Waals surface area contributed by atoms with Gasteiger partial charge in [0.1, 0.15) is 17.8 Å². The highest BCUT2D eigenvalue weighted by Crippen LogP contribution is 2.02. The van der Waals surface area contributed by atoms with E-state index in [-0.39, 0.29) is 29.8 Å². The number of guanidine groups is 1. The average molecular weight is 404 g/mol. The number of hydrogen-bond donors (Lipinski definition) is 2. The summed E-state index contributed by atoms with van der Waals surface area (Å²) in [6.07, 6.45) is 2.33. The van der Waals surface area contributed by atoms with Crippen molar-refractivity contribution in [3.63, 3.8) is 0 Å². The number of nitrogens with zero attached hydrogens (tertiary/aromatic N) is 2. The van der Waals surface area contributed by atoms with E-state index in [0.717, 1.165) is 17.7 Å². The lowest BCUT2D eigenvalue weighted by Gasteiger charge is -2.10. The van der Waals surface area contributed by atoms with Crippen molar-refractivity contribution < 1.29 is 8.91 Å². The third kappa shape index (κ3) is 6.11. The second kappa shape index (κ2) is 9.32. The van der Waals surface area contributed by atoms with Crippen LogP contribution in [0.2, 0.25) is 0 Å². The van der Waals surface area contributed by atoms with Crippen LogP contribution in [0.5, 0.6) is 0 Å². The first kappa shape index (κ1) is 17.4. The highest BCUT2D eigenvalue weighted by Gasteiger charge is 2.00. The minimum atomic E-state index is -0.216. The van der Waals surface area contributed by atoms with E-state index in [4.69, 9.17) is 4.52 Å². The van der Waals surface area contributed by atoms with Gasteiger partial charge in [0.2, 0.25) is 0 Å². The molecule has 0 saturated heterocycles. The third-order valence-electron chi connectivity index (χ3n) is 2.77. The molecule has 0 aliphatic carbocycles. The second-order valence-electron chi connectivity index (χ2n) is 4.22. The van der Waals surface area contributed by atoms with Gasteiger partial charge < -0.3 is 15.2 Å². The van der Waals surface area contributed by atoms with Crippen molar-refractivity contribution in [2.75, 3.05) is 13.6 Å². The summed E-state index contributed by atoms with van der Waals surface area (Å²) >= 11 is 0. The first-order valence-corrected chi connectivity index (χ1v) is 6.36. The van der Waals surface area contributed by atoms with Crippen LogP contribution in [-0.4, -0.2) is 24.7 Å². The number of aliphatic imine (C=N–C) groups is 1. The summed E-state index contributed by atoms with van der Waals surface area (Å²) in [5.74, 6) is 0.474. The van der Waals surface area contributed by atoms with Gasteiger partial charge in [-0.2, -0.15) is 0 Å². The SMILES string of the molecule is CN=C(NCCc1ccc(F)cc1)NCc1ccon1.I. The van der Waals surface area contributed by atoms with Crippen molar-refractivity contribution in [3.8, 4) is 0 Å². The largest absolute Gasteiger partial charge is 0.364 e. The van der Waals surface area contributed by atoms with E-state index >= 15 is 0 Å². The molecule has 0 atom stereocenters. The minimum Gasteiger partial charge on any atom is -0.364 e. The maximum Gasteiger partial charge on any atom is 0.191 e. The number of hydrogen-bond acceptors (Lipinski definition) is 3. The summed E-state index contributed by atoms with van der Waals surface area (Å²) in [7, 11) is 1.70. The van der Waals surface area contributed by atoms with Crippen LogP contribution in [-0.2, 0) is 13.0 Å². The highest BCUT2D eigenvalue weighted by molar-refractivity contribution is 14.0. The van der Waals surface area contributed by atoms with Crippen LogP contribution in [0.1, 0.15) is 11.3 Å². The molecule has 0 saturated carbocycles. The lowest BCUT2D eigenvalue weighted by molar-refractivity contribution is 0.410. The molecule has 0 bridgehead atoms. The highest BCUT2D eigenvalue weighted by atomic mass is 127. The van der Waals surface area contributed by atoms with E-state index in [1.165, 1.54) is 18.4 Å². The Morgan fingerprint density at radius 3 is 2.62 bits per heavy atom. The summed E-state index contributed by atoms with van der Waals surface area (Å²) in [5.41, 5.74) is 1.89. The maximum atomic E-state index is 12.8. The Labute approximate surface area is 140 Å². The van der Waals surface area contributed by atoms with Crippen LogP contribution in [0.4, 0.5) is 4.39 Å². The fourth-order valence-electron chi connectivity index (χ4n) is 1.70. The molecular weight excluding hydrogens is 386 g/mol. The standard InChI is InChI=1S/C14H17FN4O.HI/c1-16-14(18-10-13-7-9-20-19-13)17-8-6-11-2-4-12(15)5-3-11;/h2-5,7,9H,6,8,10H2,1H3,(H2,16,17,18);1H. The van der Waals surface area contributed by atoms with Crippen LogP contribution < -0.4 is 10.6 Å². The van der Waals surface area contributed by atoms with Crippen molar-refractivity contribution in [2.45, 2.75) is 13.0 Å². The van der Waals surface area contributed by atoms with Gasteiger partial charge >= 0.3 is 0 Å². The van der Waals surface area contributed by atoms with Gasteiger partial charge in [-0.15, -0.1) is 24.0 Å². The van der Waals surface area contributed by atoms with Crippen LogP contribution in [0.15, 0.2) is 46.1 Å². The van der Waals surface area contributed by atoms with E-state index in [1.54, 1.807) is 25.2 Å². The van der Waals surface area contributed by atoms with Crippen molar-refractivity contribution in [1.82, 2.24) is 15.8 Å². The molecule has 1 aromatic heterocycles. The van der Waals surface area contributed by atoms with Crippen molar-refractivity contribution in [3.05, 3.63) is 53.7 Å². The zero-order chi connectivity index (χ0) is 14.2. The molecule has 2 aromatic rings. The Bertz CT molecular complexity index is 543. The molecule has 5 nitrogen and oxygen atoms in total. The van der Waals surface area contributed by atoms with Crippen molar-refractivity contribution >= 4 is 29.9 Å². The van der Waals surface area contributed by atoms with Gasteiger partial charge in [0.25, 0.3) is 0 Å². The molecule has 7 heteroatoms. The van der Waals surface area contributed by atoms with Gasteiger partial charge in [0.15, 0.2) is 5.96 Å². The molecule has 1 heterocycles. The zero-order valence-corrected chi connectivity index (χ0v) is 14.0. The molecule has 0 aliphatic rings. The van der Waals surface area contributed by atoms with E-state index < -0.39 is 0 Å². The van der Waals surface area contributed by atoms with E-state index in [9.17, 15) is 4.39 Å². The van der Waals surface area contributed by atoms with Gasteiger partial charge in [-0.05, 0) is 24.1 Å². The van der Waals surface area contributed by atoms with Crippen molar-refractivity contribution in [2.24, 2.45) is 4.99 Å². The molecule has 0 aliphatic heterocycles. The lowest BCUT2D eigenvalue weighted by atomic mass is 10.1. The molecule has 114 valence electrons. The molecular formula is C14H18FIN4O. The van der Waals surface area contributed by atoms with E-state index in [2.05, 4.69) is 20.8 Å². The molecule has 2 rings (SSSR count). The molecule has 2 N–H and O–H groups in total. The molecule has 1 aromatic carbocycles. The summed E-state index contributed by atoms with van der Waals surface area (Å²) in [6, 6.07) is 8.28. The van der Waals surface area contributed by atoms with Gasteiger partial charge in [0.05, 0.1) is 6.54 Å². The predicted molar refractivity (Wildman–Crippen MR) is 90.2 cm³/mol. The Hall–Kier alpha value is -1.64. The Kier molecular flexibility index (Phi) is 7.73. The Morgan fingerprint density at radius 2 is 2.00 bits per heavy atom. The zero-order valence-electron chi connectivity index (χ0n) is 11.7. The van der Waals surface area contributed by atoms with Crippen LogP contribution >= 0.6 is 24.0 Å². The number of halogens is 2. The van der Waals surface area contributed by atoms with E-state index in [1.807, 2.05) is 0 Å². The molecule has 0 unspecified atom stereocenters. The normalized spacial score (nSPS) is 10.9. The fourth-order valence-corrected chi connectivity index (χ4v) is 1.70. The number of benzene rings is 1.